The summed E-state index contributed by atoms with van der Waals surface area (Å²) >= 11 is 0. The van der Waals surface area contributed by atoms with E-state index in [0.717, 1.165) is 39.0 Å². The van der Waals surface area contributed by atoms with Crippen LogP contribution in [0, 0.1) is 0 Å². The van der Waals surface area contributed by atoms with Gasteiger partial charge in [-0.1, -0.05) is 153 Å². The molecule has 1 aliphatic rings. The Labute approximate surface area is 319 Å². The fourth-order valence-electron chi connectivity index (χ4n) is 8.68. The molecule has 55 heavy (non-hydrogen) atoms. The molecule has 0 aliphatic heterocycles. The molecule has 0 saturated heterocycles. The Morgan fingerprint density at radius 2 is 1.00 bits per heavy atom. The normalized spacial score (nSPS) is 13.4. The SMILES string of the molecule is C[C@@H]1c2ccccc2-c2cccc(-c3nc(-c4cccc(-c5ccccc5)c4)nc(-c4cccc(-n5c6ccccc6c6cc7ccccc7cc65)c4)n3)c21. The first kappa shape index (κ1) is 31.4. The van der Waals surface area contributed by atoms with Gasteiger partial charge in [0.25, 0.3) is 0 Å². The standard InChI is InChI=1S/C51H34N4/c1-32-40-22-7-8-23-41(40)43-25-13-26-44(48(32)43)51-53-49(37-19-11-18-34(28-37)33-14-3-2-4-15-33)52-50(54-51)38-20-12-21-39(29-38)55-46-27-10-9-24-42(46)45-30-35-16-5-6-17-36(35)31-47(45)55/h2-32H,1H3/t32-/m1/s1. The van der Waals surface area contributed by atoms with E-state index in [0.29, 0.717) is 17.5 Å². The van der Waals surface area contributed by atoms with Crippen LogP contribution in [-0.4, -0.2) is 19.5 Å². The van der Waals surface area contributed by atoms with Gasteiger partial charge in [-0.2, -0.15) is 0 Å². The van der Waals surface area contributed by atoms with E-state index in [-0.39, 0.29) is 5.92 Å². The summed E-state index contributed by atoms with van der Waals surface area (Å²) in [5.74, 6) is 2.17. The van der Waals surface area contributed by atoms with Crippen LogP contribution in [0.2, 0.25) is 0 Å². The summed E-state index contributed by atoms with van der Waals surface area (Å²) in [6, 6.07) is 64.8. The molecular weight excluding hydrogens is 669 g/mol. The zero-order chi connectivity index (χ0) is 36.5. The van der Waals surface area contributed by atoms with E-state index in [9.17, 15) is 0 Å². The fraction of sp³-hybridized carbons (Fsp3) is 0.0392. The molecule has 0 saturated carbocycles. The van der Waals surface area contributed by atoms with Gasteiger partial charge in [0, 0.05) is 39.1 Å². The van der Waals surface area contributed by atoms with Crippen LogP contribution < -0.4 is 0 Å². The van der Waals surface area contributed by atoms with Crippen molar-refractivity contribution in [2.45, 2.75) is 12.8 Å². The number of benzene rings is 8. The molecule has 0 spiro atoms. The predicted octanol–water partition coefficient (Wildman–Crippen LogP) is 12.9. The fourth-order valence-corrected chi connectivity index (χ4v) is 8.68. The number of nitrogens with zero attached hydrogens (tertiary/aromatic N) is 4. The van der Waals surface area contributed by atoms with E-state index in [1.165, 1.54) is 49.3 Å². The van der Waals surface area contributed by atoms with E-state index in [2.05, 4.69) is 187 Å². The summed E-state index contributed by atoms with van der Waals surface area (Å²) in [6.45, 7) is 2.29. The number of hydrogen-bond acceptors (Lipinski definition) is 3. The Bertz CT molecular complexity index is 3120. The van der Waals surface area contributed by atoms with Crippen LogP contribution in [0.4, 0.5) is 0 Å². The van der Waals surface area contributed by atoms with E-state index < -0.39 is 0 Å². The van der Waals surface area contributed by atoms with Crippen LogP contribution in [0.3, 0.4) is 0 Å². The monoisotopic (exact) mass is 702 g/mol. The highest BCUT2D eigenvalue weighted by atomic mass is 15.0. The molecule has 1 atom stereocenters. The van der Waals surface area contributed by atoms with Gasteiger partial charge in [-0.3, -0.25) is 0 Å². The van der Waals surface area contributed by atoms with Crippen molar-refractivity contribution in [1.82, 2.24) is 19.5 Å². The Hall–Kier alpha value is -7.17. The van der Waals surface area contributed by atoms with Crippen molar-refractivity contribution in [1.29, 1.82) is 0 Å². The van der Waals surface area contributed by atoms with Crippen LogP contribution in [0.15, 0.2) is 182 Å². The topological polar surface area (TPSA) is 43.6 Å². The molecule has 4 nitrogen and oxygen atoms in total. The Kier molecular flexibility index (Phi) is 7.11. The quantitative estimate of drug-likeness (QED) is 0.179. The molecule has 2 heterocycles. The number of para-hydroxylation sites is 1. The third-order valence-corrected chi connectivity index (χ3v) is 11.3. The van der Waals surface area contributed by atoms with Gasteiger partial charge in [-0.25, -0.2) is 15.0 Å². The molecule has 258 valence electrons. The molecule has 0 N–H and O–H groups in total. The minimum Gasteiger partial charge on any atom is -0.309 e. The number of fused-ring (bicyclic) bond motifs is 7. The van der Waals surface area contributed by atoms with Gasteiger partial charge < -0.3 is 4.57 Å². The highest BCUT2D eigenvalue weighted by molar-refractivity contribution is 6.13. The van der Waals surface area contributed by atoms with Crippen molar-refractivity contribution in [3.63, 3.8) is 0 Å². The van der Waals surface area contributed by atoms with Crippen molar-refractivity contribution < 1.29 is 0 Å². The van der Waals surface area contributed by atoms with E-state index in [4.69, 9.17) is 15.0 Å². The summed E-state index contributed by atoms with van der Waals surface area (Å²) < 4.78 is 2.37. The second kappa shape index (κ2) is 12.5. The van der Waals surface area contributed by atoms with E-state index in [1.807, 2.05) is 6.07 Å². The minimum atomic E-state index is 0.210. The number of rotatable bonds is 5. The average Bonchev–Trinajstić information content (AvgIpc) is 3.74. The van der Waals surface area contributed by atoms with Crippen molar-refractivity contribution in [3.05, 3.63) is 193 Å². The van der Waals surface area contributed by atoms with Gasteiger partial charge in [-0.05, 0) is 80.6 Å². The van der Waals surface area contributed by atoms with Crippen molar-refractivity contribution in [2.24, 2.45) is 0 Å². The molecule has 8 aromatic carbocycles. The van der Waals surface area contributed by atoms with Crippen LogP contribution in [0.5, 0.6) is 0 Å². The second-order valence-corrected chi connectivity index (χ2v) is 14.4. The van der Waals surface area contributed by atoms with Gasteiger partial charge in [0.1, 0.15) is 0 Å². The highest BCUT2D eigenvalue weighted by Crippen LogP contribution is 2.48. The molecule has 4 heteroatoms. The molecule has 0 amide bonds. The second-order valence-electron chi connectivity index (χ2n) is 14.4. The lowest BCUT2D eigenvalue weighted by molar-refractivity contribution is 0.952. The van der Waals surface area contributed by atoms with Crippen LogP contribution in [-0.2, 0) is 0 Å². The first-order chi connectivity index (χ1) is 27.2. The third kappa shape index (κ3) is 5.10. The highest BCUT2D eigenvalue weighted by Gasteiger charge is 2.29. The number of aromatic nitrogens is 4. The van der Waals surface area contributed by atoms with Crippen molar-refractivity contribution >= 4 is 32.6 Å². The summed E-state index contributed by atoms with van der Waals surface area (Å²) in [7, 11) is 0. The molecule has 2 aromatic heterocycles. The predicted molar refractivity (Wildman–Crippen MR) is 226 cm³/mol. The van der Waals surface area contributed by atoms with Gasteiger partial charge in [0.2, 0.25) is 0 Å². The Balaban J connectivity index is 1.12. The van der Waals surface area contributed by atoms with Crippen molar-refractivity contribution in [3.8, 4) is 62.1 Å². The Morgan fingerprint density at radius 3 is 1.85 bits per heavy atom. The lowest BCUT2D eigenvalue weighted by Crippen LogP contribution is -2.03. The van der Waals surface area contributed by atoms with Gasteiger partial charge >= 0.3 is 0 Å². The Morgan fingerprint density at radius 1 is 0.400 bits per heavy atom. The van der Waals surface area contributed by atoms with Gasteiger partial charge in [0.15, 0.2) is 17.5 Å². The minimum absolute atomic E-state index is 0.210. The largest absolute Gasteiger partial charge is 0.309 e. The molecule has 10 aromatic rings. The first-order valence-electron chi connectivity index (χ1n) is 18.9. The zero-order valence-corrected chi connectivity index (χ0v) is 30.2. The van der Waals surface area contributed by atoms with Crippen LogP contribution in [0.1, 0.15) is 24.0 Å². The lowest BCUT2D eigenvalue weighted by atomic mass is 9.94. The summed E-state index contributed by atoms with van der Waals surface area (Å²) in [5, 5.41) is 4.91. The molecule has 11 rings (SSSR count). The van der Waals surface area contributed by atoms with E-state index >= 15 is 0 Å². The maximum Gasteiger partial charge on any atom is 0.164 e. The number of hydrogen-bond donors (Lipinski definition) is 0. The molecule has 0 unspecified atom stereocenters. The zero-order valence-electron chi connectivity index (χ0n) is 30.2. The molecule has 0 fully saturated rings. The maximum absolute atomic E-state index is 5.31. The first-order valence-corrected chi connectivity index (χ1v) is 18.9. The third-order valence-electron chi connectivity index (χ3n) is 11.3. The smallest absolute Gasteiger partial charge is 0.164 e. The summed E-state index contributed by atoms with van der Waals surface area (Å²) in [6.07, 6.45) is 0. The van der Waals surface area contributed by atoms with Gasteiger partial charge in [-0.15, -0.1) is 0 Å². The molecule has 0 radical (unpaired) electrons. The summed E-state index contributed by atoms with van der Waals surface area (Å²) in [5.41, 5.74) is 13.7. The molecular formula is C51H34N4. The van der Waals surface area contributed by atoms with Crippen LogP contribution >= 0.6 is 0 Å². The van der Waals surface area contributed by atoms with E-state index in [1.54, 1.807) is 0 Å². The average molecular weight is 703 g/mol. The molecule has 1 aliphatic carbocycles. The maximum atomic E-state index is 5.31. The lowest BCUT2D eigenvalue weighted by Gasteiger charge is -2.15. The summed E-state index contributed by atoms with van der Waals surface area (Å²) in [4.78, 5) is 15.8. The van der Waals surface area contributed by atoms with Crippen molar-refractivity contribution in [2.75, 3.05) is 0 Å². The van der Waals surface area contributed by atoms with Crippen LogP contribution in [0.25, 0.3) is 94.7 Å². The van der Waals surface area contributed by atoms with Gasteiger partial charge in [0.05, 0.1) is 11.0 Å². The molecule has 0 bridgehead atoms.